The highest BCUT2D eigenvalue weighted by Crippen LogP contribution is 2.54. The molecule has 1 aliphatic carbocycles. The van der Waals surface area contributed by atoms with Gasteiger partial charge in [-0.3, -0.25) is 4.98 Å². The van der Waals surface area contributed by atoms with Gasteiger partial charge in [0.15, 0.2) is 5.82 Å². The van der Waals surface area contributed by atoms with Crippen molar-refractivity contribution < 1.29 is 0 Å². The molecule has 2 heterocycles. The Labute approximate surface area is 251 Å². The number of pyridine rings is 1. The summed E-state index contributed by atoms with van der Waals surface area (Å²) in [6, 6.07) is 45.0. The smallest absolute Gasteiger partial charge is 0.160 e. The van der Waals surface area contributed by atoms with Gasteiger partial charge in [-0.15, -0.1) is 0 Å². The van der Waals surface area contributed by atoms with Crippen molar-refractivity contribution in [3.63, 3.8) is 0 Å². The van der Waals surface area contributed by atoms with Gasteiger partial charge in [-0.05, 0) is 62.4 Å². The van der Waals surface area contributed by atoms with Gasteiger partial charge in [0, 0.05) is 34.5 Å². The highest BCUT2D eigenvalue weighted by Gasteiger charge is 2.38. The molecule has 0 N–H and O–H groups in total. The highest BCUT2D eigenvalue weighted by atomic mass is 14.9. The van der Waals surface area contributed by atoms with Crippen LogP contribution < -0.4 is 0 Å². The number of hydrogen-bond donors (Lipinski definition) is 0. The summed E-state index contributed by atoms with van der Waals surface area (Å²) in [6.45, 7) is 4.69. The lowest BCUT2D eigenvalue weighted by Gasteiger charge is -2.23. The predicted molar refractivity (Wildman–Crippen MR) is 177 cm³/mol. The van der Waals surface area contributed by atoms with Crippen LogP contribution in [0, 0.1) is 0 Å². The van der Waals surface area contributed by atoms with Gasteiger partial charge in [-0.1, -0.05) is 123 Å². The molecule has 0 amide bonds. The third-order valence-electron chi connectivity index (χ3n) is 8.79. The van der Waals surface area contributed by atoms with E-state index in [2.05, 4.69) is 116 Å². The van der Waals surface area contributed by atoms with Gasteiger partial charge in [0.25, 0.3) is 0 Å². The van der Waals surface area contributed by atoms with E-state index in [0.29, 0.717) is 0 Å². The number of rotatable bonds is 4. The van der Waals surface area contributed by atoms with Crippen LogP contribution in [0.4, 0.5) is 0 Å². The molecular weight excluding hydrogens is 522 g/mol. The van der Waals surface area contributed by atoms with Crippen LogP contribution in [0.1, 0.15) is 25.0 Å². The fourth-order valence-electron chi connectivity index (χ4n) is 6.69. The zero-order valence-electron chi connectivity index (χ0n) is 24.1. The van der Waals surface area contributed by atoms with Gasteiger partial charge in [0.2, 0.25) is 0 Å². The summed E-state index contributed by atoms with van der Waals surface area (Å²) < 4.78 is 0. The lowest BCUT2D eigenvalue weighted by Crippen LogP contribution is -2.15. The molecule has 0 saturated carbocycles. The zero-order valence-corrected chi connectivity index (χ0v) is 24.1. The Morgan fingerprint density at radius 3 is 2.02 bits per heavy atom. The Bertz CT molecular complexity index is 2130. The molecule has 43 heavy (non-hydrogen) atoms. The summed E-state index contributed by atoms with van der Waals surface area (Å²) >= 11 is 0. The Kier molecular flexibility index (Phi) is 5.80. The second kappa shape index (κ2) is 9.85. The summed E-state index contributed by atoms with van der Waals surface area (Å²) in [5.41, 5.74) is 12.4. The second-order valence-electron chi connectivity index (χ2n) is 11.7. The Morgan fingerprint density at radius 1 is 0.512 bits per heavy atom. The van der Waals surface area contributed by atoms with Gasteiger partial charge >= 0.3 is 0 Å². The number of hydrogen-bond acceptors (Lipinski definition) is 3. The van der Waals surface area contributed by atoms with Crippen LogP contribution in [0.2, 0.25) is 0 Å². The molecule has 0 fully saturated rings. The molecule has 3 heteroatoms. The lowest BCUT2D eigenvalue weighted by molar-refractivity contribution is 0.666. The first-order chi connectivity index (χ1) is 21.1. The summed E-state index contributed by atoms with van der Waals surface area (Å²) in [6.07, 6.45) is 3.65. The summed E-state index contributed by atoms with van der Waals surface area (Å²) in [7, 11) is 0. The van der Waals surface area contributed by atoms with E-state index in [1.54, 1.807) is 0 Å². The second-order valence-corrected chi connectivity index (χ2v) is 11.7. The lowest BCUT2D eigenvalue weighted by atomic mass is 9.80. The van der Waals surface area contributed by atoms with E-state index in [0.717, 1.165) is 45.0 Å². The van der Waals surface area contributed by atoms with Crippen molar-refractivity contribution in [3.05, 3.63) is 151 Å². The van der Waals surface area contributed by atoms with Gasteiger partial charge in [0.05, 0.1) is 11.4 Å². The molecular formula is C40H29N3. The minimum atomic E-state index is -0.136. The average Bonchev–Trinajstić information content (AvgIpc) is 3.32. The average molecular weight is 552 g/mol. The van der Waals surface area contributed by atoms with E-state index in [1.807, 2.05) is 42.7 Å². The third kappa shape index (κ3) is 4.16. The van der Waals surface area contributed by atoms with Crippen molar-refractivity contribution in [1.29, 1.82) is 0 Å². The number of aromatic nitrogens is 3. The van der Waals surface area contributed by atoms with Crippen LogP contribution in [0.3, 0.4) is 0 Å². The van der Waals surface area contributed by atoms with Crippen molar-refractivity contribution in [2.24, 2.45) is 0 Å². The SMILES string of the molecule is CC1(C)c2cccc(-c3cc(-c4ccc(-c5ccncc5)cc4)nc(-c4ccccc4)n3)c2-c2ccc3ccccc3c21. The van der Waals surface area contributed by atoms with E-state index in [-0.39, 0.29) is 5.41 Å². The maximum Gasteiger partial charge on any atom is 0.160 e. The molecule has 0 unspecified atom stereocenters. The quantitative estimate of drug-likeness (QED) is 0.218. The van der Waals surface area contributed by atoms with Crippen LogP contribution in [0.15, 0.2) is 140 Å². The Hall–Kier alpha value is -5.41. The monoisotopic (exact) mass is 551 g/mol. The first-order valence-corrected chi connectivity index (χ1v) is 14.7. The molecule has 0 bridgehead atoms. The molecule has 0 saturated heterocycles. The topological polar surface area (TPSA) is 38.7 Å². The van der Waals surface area contributed by atoms with Crippen molar-refractivity contribution in [1.82, 2.24) is 15.0 Å². The van der Waals surface area contributed by atoms with E-state index >= 15 is 0 Å². The largest absolute Gasteiger partial charge is 0.265 e. The first-order valence-electron chi connectivity index (χ1n) is 14.7. The third-order valence-corrected chi connectivity index (χ3v) is 8.79. The number of benzene rings is 5. The van der Waals surface area contributed by atoms with Crippen molar-refractivity contribution in [2.45, 2.75) is 19.3 Å². The predicted octanol–water partition coefficient (Wildman–Crippen LogP) is 10.00. The van der Waals surface area contributed by atoms with E-state index in [4.69, 9.17) is 9.97 Å². The van der Waals surface area contributed by atoms with Gasteiger partial charge in [-0.2, -0.15) is 0 Å². The van der Waals surface area contributed by atoms with Crippen LogP contribution in [0.5, 0.6) is 0 Å². The maximum atomic E-state index is 5.21. The fourth-order valence-corrected chi connectivity index (χ4v) is 6.69. The minimum absolute atomic E-state index is 0.136. The molecule has 0 radical (unpaired) electrons. The molecule has 0 aliphatic heterocycles. The van der Waals surface area contributed by atoms with E-state index < -0.39 is 0 Å². The Morgan fingerprint density at radius 2 is 1.21 bits per heavy atom. The minimum Gasteiger partial charge on any atom is -0.265 e. The summed E-state index contributed by atoms with van der Waals surface area (Å²) in [5, 5.41) is 2.59. The van der Waals surface area contributed by atoms with E-state index in [9.17, 15) is 0 Å². The van der Waals surface area contributed by atoms with Crippen LogP contribution in [-0.2, 0) is 5.41 Å². The molecule has 7 aromatic rings. The molecule has 0 atom stereocenters. The number of fused-ring (bicyclic) bond motifs is 5. The van der Waals surface area contributed by atoms with Gasteiger partial charge in [-0.25, -0.2) is 9.97 Å². The first kappa shape index (κ1) is 25.3. The normalized spacial score (nSPS) is 13.1. The van der Waals surface area contributed by atoms with E-state index in [1.165, 1.54) is 33.0 Å². The van der Waals surface area contributed by atoms with Crippen LogP contribution in [-0.4, -0.2) is 15.0 Å². The molecule has 1 aliphatic rings. The summed E-state index contributed by atoms with van der Waals surface area (Å²) in [5.74, 6) is 0.722. The maximum absolute atomic E-state index is 5.21. The molecule has 3 nitrogen and oxygen atoms in total. The fraction of sp³-hybridized carbons (Fsp3) is 0.0750. The molecule has 0 spiro atoms. The van der Waals surface area contributed by atoms with Crippen LogP contribution in [0.25, 0.3) is 66.9 Å². The van der Waals surface area contributed by atoms with Crippen molar-refractivity contribution in [2.75, 3.05) is 0 Å². The molecule has 204 valence electrons. The van der Waals surface area contributed by atoms with Gasteiger partial charge < -0.3 is 0 Å². The number of nitrogens with zero attached hydrogens (tertiary/aromatic N) is 3. The summed E-state index contributed by atoms with van der Waals surface area (Å²) in [4.78, 5) is 14.5. The van der Waals surface area contributed by atoms with Gasteiger partial charge in [0.1, 0.15) is 0 Å². The highest BCUT2D eigenvalue weighted by molar-refractivity contribution is 6.01. The standard InChI is InChI=1S/C40H29N3/c1-40(2)34-14-8-13-32(37(34)33-20-19-28-9-6-7-12-31(28)38(33)40)36-25-35(42-39(43-36)30-10-4-3-5-11-30)29-17-15-26(16-18-29)27-21-23-41-24-22-27/h3-25H,1-2H3. The molecule has 2 aromatic heterocycles. The van der Waals surface area contributed by atoms with Crippen molar-refractivity contribution >= 4 is 10.8 Å². The van der Waals surface area contributed by atoms with Crippen molar-refractivity contribution in [3.8, 4) is 56.2 Å². The zero-order chi connectivity index (χ0) is 29.0. The molecule has 5 aromatic carbocycles. The van der Waals surface area contributed by atoms with Crippen LogP contribution >= 0.6 is 0 Å². The molecule has 8 rings (SSSR count). The Balaban J connectivity index is 1.33.